The summed E-state index contributed by atoms with van der Waals surface area (Å²) in [4.78, 5) is 4.31. The van der Waals surface area contributed by atoms with Crippen molar-refractivity contribution in [2.75, 3.05) is 0 Å². The van der Waals surface area contributed by atoms with E-state index >= 15 is 0 Å². The van der Waals surface area contributed by atoms with Crippen LogP contribution in [0, 0.1) is 13.8 Å². The third kappa shape index (κ3) is 1.22. The molecule has 2 aromatic rings. The fourth-order valence-corrected chi connectivity index (χ4v) is 1.83. The van der Waals surface area contributed by atoms with E-state index in [-0.39, 0.29) is 0 Å². The molecule has 68 valence electrons. The van der Waals surface area contributed by atoms with Crippen LogP contribution in [0.4, 0.5) is 0 Å². The molecule has 0 aliphatic carbocycles. The third-order valence-corrected chi connectivity index (χ3v) is 2.45. The predicted octanol–water partition coefficient (Wildman–Crippen LogP) is 2.67. The van der Waals surface area contributed by atoms with E-state index in [0.29, 0.717) is 0 Å². The van der Waals surface area contributed by atoms with Crippen LogP contribution >= 0.6 is 0 Å². The van der Waals surface area contributed by atoms with Gasteiger partial charge in [0.15, 0.2) is 0 Å². The predicted molar refractivity (Wildman–Crippen MR) is 54.9 cm³/mol. The van der Waals surface area contributed by atoms with Gasteiger partial charge in [0, 0.05) is 23.3 Å². The average molecular weight is 174 g/mol. The summed E-state index contributed by atoms with van der Waals surface area (Å²) < 4.78 is 2.28. The Kier molecular flexibility index (Phi) is 1.83. The minimum Gasteiger partial charge on any atom is -0.344 e. The van der Waals surface area contributed by atoms with Crippen molar-refractivity contribution in [2.24, 2.45) is 0 Å². The van der Waals surface area contributed by atoms with Crippen molar-refractivity contribution in [3.8, 4) is 0 Å². The van der Waals surface area contributed by atoms with Crippen LogP contribution in [-0.4, -0.2) is 9.55 Å². The zero-order valence-corrected chi connectivity index (χ0v) is 8.33. The lowest BCUT2D eigenvalue weighted by Gasteiger charge is -2.02. The number of aromatic nitrogens is 2. The molecule has 0 aliphatic heterocycles. The molecule has 0 spiro atoms. The Labute approximate surface area is 78.2 Å². The number of aryl methyl sites for hydroxylation is 3. The number of pyridine rings is 1. The molecule has 0 aromatic carbocycles. The lowest BCUT2D eigenvalue weighted by Crippen LogP contribution is -1.95. The number of fused-ring (bicyclic) bond motifs is 1. The van der Waals surface area contributed by atoms with E-state index in [4.69, 9.17) is 0 Å². The average Bonchev–Trinajstić information content (AvgIpc) is 2.39. The van der Waals surface area contributed by atoms with E-state index in [1.54, 1.807) is 0 Å². The molecule has 2 rings (SSSR count). The smallest absolute Gasteiger partial charge is 0.0668 e. The summed E-state index contributed by atoms with van der Waals surface area (Å²) in [7, 11) is 0. The monoisotopic (exact) mass is 174 g/mol. The number of nitrogens with zero attached hydrogens (tertiary/aromatic N) is 2. The van der Waals surface area contributed by atoms with Gasteiger partial charge in [-0.3, -0.25) is 4.98 Å². The second-order valence-corrected chi connectivity index (χ2v) is 3.41. The first-order chi connectivity index (χ1) is 6.22. The van der Waals surface area contributed by atoms with Gasteiger partial charge >= 0.3 is 0 Å². The van der Waals surface area contributed by atoms with Gasteiger partial charge in [0.05, 0.1) is 11.7 Å². The molecular formula is C11H14N2. The number of hydrogen-bond donors (Lipinski definition) is 0. The molecule has 2 heterocycles. The maximum Gasteiger partial charge on any atom is 0.0668 e. The van der Waals surface area contributed by atoms with Crippen LogP contribution in [0.5, 0.6) is 0 Å². The molecule has 2 nitrogen and oxygen atoms in total. The highest BCUT2D eigenvalue weighted by Gasteiger charge is 2.03. The van der Waals surface area contributed by atoms with Gasteiger partial charge in [0.25, 0.3) is 0 Å². The Hall–Kier alpha value is -1.31. The molecule has 0 saturated carbocycles. The van der Waals surface area contributed by atoms with Crippen LogP contribution in [0.25, 0.3) is 10.9 Å². The van der Waals surface area contributed by atoms with E-state index in [1.807, 2.05) is 13.1 Å². The van der Waals surface area contributed by atoms with Crippen LogP contribution in [-0.2, 0) is 6.54 Å². The van der Waals surface area contributed by atoms with E-state index in [0.717, 1.165) is 12.2 Å². The zero-order valence-electron chi connectivity index (χ0n) is 8.33. The molecule has 0 saturated heterocycles. The van der Waals surface area contributed by atoms with Crippen molar-refractivity contribution in [3.05, 3.63) is 29.7 Å². The Balaban J connectivity index is 2.79. The van der Waals surface area contributed by atoms with Crippen LogP contribution in [0.2, 0.25) is 0 Å². The summed E-state index contributed by atoms with van der Waals surface area (Å²) in [6, 6.07) is 4.35. The summed E-state index contributed by atoms with van der Waals surface area (Å²) >= 11 is 0. The molecule has 0 aliphatic rings. The molecular weight excluding hydrogens is 160 g/mol. The Morgan fingerprint density at radius 3 is 2.77 bits per heavy atom. The van der Waals surface area contributed by atoms with E-state index in [1.165, 1.54) is 16.6 Å². The van der Waals surface area contributed by atoms with Gasteiger partial charge < -0.3 is 4.57 Å². The van der Waals surface area contributed by atoms with Gasteiger partial charge in [0.2, 0.25) is 0 Å². The minimum atomic E-state index is 1.01. The maximum absolute atomic E-state index is 4.31. The largest absolute Gasteiger partial charge is 0.344 e. The van der Waals surface area contributed by atoms with Crippen molar-refractivity contribution in [2.45, 2.75) is 27.3 Å². The SMILES string of the molecule is CCn1c(C)cc2cc(C)ncc21. The van der Waals surface area contributed by atoms with E-state index in [2.05, 4.69) is 35.5 Å². The summed E-state index contributed by atoms with van der Waals surface area (Å²) in [6.07, 6.45) is 1.96. The van der Waals surface area contributed by atoms with Gasteiger partial charge in [-0.05, 0) is 32.9 Å². The molecule has 2 aromatic heterocycles. The Bertz CT molecular complexity index is 441. The van der Waals surface area contributed by atoms with Gasteiger partial charge in [0.1, 0.15) is 0 Å². The maximum atomic E-state index is 4.31. The fourth-order valence-electron chi connectivity index (χ4n) is 1.83. The van der Waals surface area contributed by atoms with Crippen molar-refractivity contribution in [1.82, 2.24) is 9.55 Å². The highest BCUT2D eigenvalue weighted by atomic mass is 15.0. The molecule has 2 heteroatoms. The second kappa shape index (κ2) is 2.87. The quantitative estimate of drug-likeness (QED) is 0.650. The van der Waals surface area contributed by atoms with Gasteiger partial charge in [-0.1, -0.05) is 0 Å². The topological polar surface area (TPSA) is 17.8 Å². The van der Waals surface area contributed by atoms with E-state index in [9.17, 15) is 0 Å². The zero-order chi connectivity index (χ0) is 9.42. The first kappa shape index (κ1) is 8.30. The summed E-state index contributed by atoms with van der Waals surface area (Å²) in [6.45, 7) is 7.34. The Morgan fingerprint density at radius 2 is 2.08 bits per heavy atom. The Morgan fingerprint density at radius 1 is 1.31 bits per heavy atom. The summed E-state index contributed by atoms with van der Waals surface area (Å²) in [5.74, 6) is 0. The van der Waals surface area contributed by atoms with Crippen LogP contribution in [0.15, 0.2) is 18.3 Å². The van der Waals surface area contributed by atoms with Crippen molar-refractivity contribution >= 4 is 10.9 Å². The second-order valence-electron chi connectivity index (χ2n) is 3.41. The fraction of sp³-hybridized carbons (Fsp3) is 0.364. The third-order valence-electron chi connectivity index (χ3n) is 2.45. The molecule has 0 N–H and O–H groups in total. The first-order valence-electron chi connectivity index (χ1n) is 4.65. The molecule has 0 amide bonds. The lowest BCUT2D eigenvalue weighted by molar-refractivity contribution is 0.768. The molecule has 13 heavy (non-hydrogen) atoms. The molecule has 0 fully saturated rings. The first-order valence-corrected chi connectivity index (χ1v) is 4.65. The molecule has 0 radical (unpaired) electrons. The van der Waals surface area contributed by atoms with E-state index < -0.39 is 0 Å². The van der Waals surface area contributed by atoms with Crippen molar-refractivity contribution in [1.29, 1.82) is 0 Å². The summed E-state index contributed by atoms with van der Waals surface area (Å²) in [5, 5.41) is 1.30. The summed E-state index contributed by atoms with van der Waals surface area (Å²) in [5.41, 5.74) is 3.64. The van der Waals surface area contributed by atoms with Crippen LogP contribution in [0.3, 0.4) is 0 Å². The van der Waals surface area contributed by atoms with Crippen LogP contribution < -0.4 is 0 Å². The van der Waals surface area contributed by atoms with Crippen molar-refractivity contribution < 1.29 is 0 Å². The van der Waals surface area contributed by atoms with Gasteiger partial charge in [-0.2, -0.15) is 0 Å². The van der Waals surface area contributed by atoms with Gasteiger partial charge in [-0.15, -0.1) is 0 Å². The normalized spacial score (nSPS) is 11.0. The number of rotatable bonds is 1. The lowest BCUT2D eigenvalue weighted by atomic mass is 10.3. The van der Waals surface area contributed by atoms with Crippen molar-refractivity contribution in [3.63, 3.8) is 0 Å². The molecule has 0 bridgehead atoms. The molecule has 0 unspecified atom stereocenters. The van der Waals surface area contributed by atoms with Crippen LogP contribution in [0.1, 0.15) is 18.3 Å². The number of hydrogen-bond acceptors (Lipinski definition) is 1. The highest BCUT2D eigenvalue weighted by molar-refractivity contribution is 5.80. The highest BCUT2D eigenvalue weighted by Crippen LogP contribution is 2.18. The minimum absolute atomic E-state index is 1.01. The molecule has 0 atom stereocenters. The van der Waals surface area contributed by atoms with Gasteiger partial charge in [-0.25, -0.2) is 0 Å². The standard InChI is InChI=1S/C11H14N2/c1-4-13-9(3)6-10-5-8(2)12-7-11(10)13/h5-7H,4H2,1-3H3.